The zero-order chi connectivity index (χ0) is 11.9. The molecule has 0 aliphatic rings. The number of carbonyl (C=O) groups excluding carboxylic acids is 1. The first-order valence-corrected chi connectivity index (χ1v) is 4.94. The Morgan fingerprint density at radius 2 is 2.00 bits per heavy atom. The van der Waals surface area contributed by atoms with E-state index in [9.17, 15) is 9.59 Å². The molecular weight excluding hydrogens is 204 g/mol. The summed E-state index contributed by atoms with van der Waals surface area (Å²) < 4.78 is 0. The van der Waals surface area contributed by atoms with Crippen LogP contribution in [0.4, 0.5) is 0 Å². The van der Waals surface area contributed by atoms with E-state index < -0.39 is 11.5 Å². The van der Waals surface area contributed by atoms with Crippen molar-refractivity contribution < 1.29 is 4.79 Å². The number of amides is 1. The molecule has 0 unspecified atom stereocenters. The van der Waals surface area contributed by atoms with Crippen LogP contribution in [-0.2, 0) is 0 Å². The molecule has 1 aromatic heterocycles. The van der Waals surface area contributed by atoms with Crippen molar-refractivity contribution >= 4 is 16.8 Å². The highest BCUT2D eigenvalue weighted by atomic mass is 16.2. The number of aryl methyl sites for hydroxylation is 2. The normalized spacial score (nSPS) is 10.6. The van der Waals surface area contributed by atoms with E-state index >= 15 is 0 Å². The molecule has 1 amide bonds. The lowest BCUT2D eigenvalue weighted by molar-refractivity contribution is 0.0998. The van der Waals surface area contributed by atoms with Crippen LogP contribution >= 0.6 is 0 Å². The Hall–Kier alpha value is -2.10. The fourth-order valence-electron chi connectivity index (χ4n) is 2.05. The molecule has 0 saturated carbocycles. The molecule has 0 fully saturated rings. The summed E-state index contributed by atoms with van der Waals surface area (Å²) >= 11 is 0. The van der Waals surface area contributed by atoms with E-state index in [-0.39, 0.29) is 5.56 Å². The standard InChI is InChI=1S/C12H12N2O2/c1-6-4-3-5-8-9(6)7(2)10(11(13)15)12(16)14-8/h3-5H,1-2H3,(H2,13,15)(H,14,16). The molecule has 0 bridgehead atoms. The van der Waals surface area contributed by atoms with Crippen LogP contribution in [0.15, 0.2) is 23.0 Å². The van der Waals surface area contributed by atoms with E-state index in [1.54, 1.807) is 6.92 Å². The minimum atomic E-state index is -0.691. The number of nitrogens with two attached hydrogens (primary N) is 1. The highest BCUT2D eigenvalue weighted by Gasteiger charge is 2.14. The molecule has 0 aliphatic heterocycles. The maximum absolute atomic E-state index is 11.7. The van der Waals surface area contributed by atoms with Crippen molar-refractivity contribution in [2.45, 2.75) is 13.8 Å². The summed E-state index contributed by atoms with van der Waals surface area (Å²) in [6.45, 7) is 3.67. The number of nitrogens with one attached hydrogen (secondary N) is 1. The van der Waals surface area contributed by atoms with Gasteiger partial charge in [-0.15, -0.1) is 0 Å². The first-order chi connectivity index (χ1) is 7.52. The molecule has 0 aliphatic carbocycles. The molecular formula is C12H12N2O2. The molecule has 82 valence electrons. The second-order valence-corrected chi connectivity index (χ2v) is 3.82. The number of carbonyl (C=O) groups is 1. The SMILES string of the molecule is Cc1cccc2[nH]c(=O)c(C(N)=O)c(C)c12. The average molecular weight is 216 g/mol. The number of H-pyrrole nitrogens is 1. The molecule has 2 rings (SSSR count). The lowest BCUT2D eigenvalue weighted by Gasteiger charge is -2.08. The highest BCUT2D eigenvalue weighted by molar-refractivity contribution is 5.99. The Kier molecular flexibility index (Phi) is 2.27. The fourth-order valence-corrected chi connectivity index (χ4v) is 2.05. The van der Waals surface area contributed by atoms with Gasteiger partial charge in [-0.1, -0.05) is 12.1 Å². The van der Waals surface area contributed by atoms with Gasteiger partial charge in [-0.2, -0.15) is 0 Å². The summed E-state index contributed by atoms with van der Waals surface area (Å²) in [5.41, 5.74) is 7.19. The van der Waals surface area contributed by atoms with Crippen molar-refractivity contribution in [2.24, 2.45) is 5.73 Å². The van der Waals surface area contributed by atoms with Crippen LogP contribution in [0.3, 0.4) is 0 Å². The van der Waals surface area contributed by atoms with E-state index in [4.69, 9.17) is 5.73 Å². The van der Waals surface area contributed by atoms with E-state index in [1.165, 1.54) is 0 Å². The molecule has 0 spiro atoms. The zero-order valence-electron chi connectivity index (χ0n) is 9.13. The molecule has 0 atom stereocenters. The van der Waals surface area contributed by atoms with Crippen molar-refractivity contribution in [3.63, 3.8) is 0 Å². The molecule has 3 N–H and O–H groups in total. The zero-order valence-corrected chi connectivity index (χ0v) is 9.13. The molecule has 2 aromatic rings. The van der Waals surface area contributed by atoms with Gasteiger partial charge in [0.1, 0.15) is 5.56 Å². The first kappa shape index (κ1) is 10.4. The number of pyridine rings is 1. The molecule has 1 aromatic carbocycles. The average Bonchev–Trinajstić information content (AvgIpc) is 2.15. The molecule has 4 nitrogen and oxygen atoms in total. The molecule has 4 heteroatoms. The maximum Gasteiger partial charge on any atom is 0.261 e. The third kappa shape index (κ3) is 1.39. The van der Waals surface area contributed by atoms with Crippen LogP contribution in [0.25, 0.3) is 10.9 Å². The van der Waals surface area contributed by atoms with Gasteiger partial charge < -0.3 is 10.7 Å². The monoisotopic (exact) mass is 216 g/mol. The lowest BCUT2D eigenvalue weighted by atomic mass is 10.0. The van der Waals surface area contributed by atoms with Gasteiger partial charge in [-0.3, -0.25) is 9.59 Å². The predicted molar refractivity (Wildman–Crippen MR) is 62.6 cm³/mol. The number of aromatic amines is 1. The van der Waals surface area contributed by atoms with E-state index in [0.29, 0.717) is 5.56 Å². The van der Waals surface area contributed by atoms with Crippen LogP contribution < -0.4 is 11.3 Å². The second kappa shape index (κ2) is 3.48. The highest BCUT2D eigenvalue weighted by Crippen LogP contribution is 2.20. The number of rotatable bonds is 1. The smallest absolute Gasteiger partial charge is 0.261 e. The van der Waals surface area contributed by atoms with Crippen molar-refractivity contribution in [1.82, 2.24) is 4.98 Å². The Morgan fingerprint density at radius 1 is 1.31 bits per heavy atom. The Balaban J connectivity index is 3.03. The Bertz CT molecular complexity index is 641. The van der Waals surface area contributed by atoms with Gasteiger partial charge in [0.25, 0.3) is 11.5 Å². The number of aromatic nitrogens is 1. The summed E-state index contributed by atoms with van der Waals surface area (Å²) in [5.74, 6) is -0.691. The first-order valence-electron chi connectivity index (χ1n) is 4.94. The molecule has 1 heterocycles. The van der Waals surface area contributed by atoms with Crippen LogP contribution in [-0.4, -0.2) is 10.9 Å². The third-order valence-electron chi connectivity index (χ3n) is 2.74. The predicted octanol–water partition coefficient (Wildman–Crippen LogP) is 1.24. The number of benzene rings is 1. The number of hydrogen-bond acceptors (Lipinski definition) is 2. The van der Waals surface area contributed by atoms with E-state index in [0.717, 1.165) is 16.5 Å². The number of fused-ring (bicyclic) bond motifs is 1. The van der Waals surface area contributed by atoms with Crippen LogP contribution in [0.2, 0.25) is 0 Å². The largest absolute Gasteiger partial charge is 0.365 e. The van der Waals surface area contributed by atoms with Crippen molar-refractivity contribution in [1.29, 1.82) is 0 Å². The topological polar surface area (TPSA) is 75.9 Å². The maximum atomic E-state index is 11.7. The second-order valence-electron chi connectivity index (χ2n) is 3.82. The third-order valence-corrected chi connectivity index (χ3v) is 2.74. The van der Waals surface area contributed by atoms with Gasteiger partial charge in [-0.05, 0) is 31.0 Å². The molecule has 0 saturated heterocycles. The summed E-state index contributed by atoms with van der Waals surface area (Å²) in [4.78, 5) is 25.5. The fraction of sp³-hybridized carbons (Fsp3) is 0.167. The molecule has 0 radical (unpaired) electrons. The number of primary amides is 1. The van der Waals surface area contributed by atoms with Crippen molar-refractivity contribution in [3.05, 3.63) is 45.2 Å². The van der Waals surface area contributed by atoms with Crippen LogP contribution in [0.1, 0.15) is 21.5 Å². The van der Waals surface area contributed by atoms with Gasteiger partial charge in [0.05, 0.1) is 0 Å². The van der Waals surface area contributed by atoms with Crippen LogP contribution in [0.5, 0.6) is 0 Å². The van der Waals surface area contributed by atoms with Gasteiger partial charge in [0.15, 0.2) is 0 Å². The van der Waals surface area contributed by atoms with Crippen molar-refractivity contribution in [3.8, 4) is 0 Å². The van der Waals surface area contributed by atoms with Gasteiger partial charge in [0.2, 0.25) is 0 Å². The molecule has 16 heavy (non-hydrogen) atoms. The Morgan fingerprint density at radius 3 is 2.62 bits per heavy atom. The van der Waals surface area contributed by atoms with E-state index in [2.05, 4.69) is 4.98 Å². The van der Waals surface area contributed by atoms with Gasteiger partial charge in [0, 0.05) is 10.9 Å². The summed E-state index contributed by atoms with van der Waals surface area (Å²) in [6.07, 6.45) is 0. The number of hydrogen-bond donors (Lipinski definition) is 2. The van der Waals surface area contributed by atoms with Gasteiger partial charge >= 0.3 is 0 Å². The minimum Gasteiger partial charge on any atom is -0.365 e. The summed E-state index contributed by atoms with van der Waals surface area (Å²) in [7, 11) is 0. The Labute approximate surface area is 92.1 Å². The van der Waals surface area contributed by atoms with Crippen LogP contribution in [0, 0.1) is 13.8 Å². The quantitative estimate of drug-likeness (QED) is 0.752. The van der Waals surface area contributed by atoms with E-state index in [1.807, 2.05) is 25.1 Å². The minimum absolute atomic E-state index is 0.0433. The lowest BCUT2D eigenvalue weighted by Crippen LogP contribution is -2.25. The summed E-state index contributed by atoms with van der Waals surface area (Å²) in [6, 6.07) is 5.59. The summed E-state index contributed by atoms with van der Waals surface area (Å²) in [5, 5.41) is 0.885. The van der Waals surface area contributed by atoms with Gasteiger partial charge in [-0.25, -0.2) is 0 Å². The van der Waals surface area contributed by atoms with Crippen molar-refractivity contribution in [2.75, 3.05) is 0 Å².